The lowest BCUT2D eigenvalue weighted by Crippen LogP contribution is -2.49. The van der Waals surface area contributed by atoms with E-state index in [4.69, 9.17) is 15.5 Å². The summed E-state index contributed by atoms with van der Waals surface area (Å²) in [6, 6.07) is 16.4. The van der Waals surface area contributed by atoms with Gasteiger partial charge in [0.1, 0.15) is 29.4 Å². The monoisotopic (exact) mass is 439 g/mol. The molecule has 1 fully saturated rings. The standard InChI is InChI=1S/C25H25N7O/c1-33-18-5-2-16(3-6-18)17-4-7-20-21(14-17)31-24(30-20)25(26)9-12-32(13-10-25)23-19-8-11-27-22(19)28-15-29-23/h2-8,11,14-15H,9-10,12-13,26H2,1H3,(H,30,31)(H,27,28,29). The van der Waals surface area contributed by atoms with Gasteiger partial charge in [0.2, 0.25) is 0 Å². The molecule has 1 aliphatic rings. The fraction of sp³-hybridized carbons (Fsp3) is 0.240. The molecule has 0 amide bonds. The summed E-state index contributed by atoms with van der Waals surface area (Å²) in [4.78, 5) is 22.7. The molecule has 0 radical (unpaired) electrons. The van der Waals surface area contributed by atoms with Crippen molar-refractivity contribution in [1.29, 1.82) is 0 Å². The van der Waals surface area contributed by atoms with Crippen LogP contribution in [0.1, 0.15) is 18.7 Å². The molecule has 0 atom stereocenters. The summed E-state index contributed by atoms with van der Waals surface area (Å²) in [6.45, 7) is 1.61. The third-order valence-electron chi connectivity index (χ3n) is 6.67. The van der Waals surface area contributed by atoms with Gasteiger partial charge in [-0.05, 0) is 54.3 Å². The lowest BCUT2D eigenvalue weighted by molar-refractivity contribution is 0.327. The van der Waals surface area contributed by atoms with E-state index in [1.54, 1.807) is 13.4 Å². The van der Waals surface area contributed by atoms with Gasteiger partial charge in [0, 0.05) is 19.3 Å². The summed E-state index contributed by atoms with van der Waals surface area (Å²) in [5.74, 6) is 2.65. The number of hydrogen-bond donors (Lipinski definition) is 3. The van der Waals surface area contributed by atoms with Crippen LogP contribution in [0.15, 0.2) is 61.1 Å². The number of ether oxygens (including phenoxy) is 1. The number of imidazole rings is 1. The molecule has 8 heteroatoms. The second-order valence-corrected chi connectivity index (χ2v) is 8.63. The first-order valence-corrected chi connectivity index (χ1v) is 11.1. The Labute approximate surface area is 190 Å². The summed E-state index contributed by atoms with van der Waals surface area (Å²) in [6.07, 6.45) is 5.08. The van der Waals surface area contributed by atoms with Crippen molar-refractivity contribution in [3.8, 4) is 16.9 Å². The van der Waals surface area contributed by atoms with Crippen molar-refractivity contribution in [3.05, 3.63) is 66.9 Å². The number of H-pyrrole nitrogens is 2. The fourth-order valence-electron chi connectivity index (χ4n) is 4.67. The van der Waals surface area contributed by atoms with E-state index in [1.807, 2.05) is 24.4 Å². The summed E-state index contributed by atoms with van der Waals surface area (Å²) in [5, 5.41) is 1.04. The van der Waals surface area contributed by atoms with E-state index in [1.165, 1.54) is 0 Å². The SMILES string of the molecule is COc1ccc(-c2ccc3[nH]c(C4(N)CCN(c5ncnc6[nH]ccc56)CC4)nc3c2)cc1. The Hall–Kier alpha value is -3.91. The molecule has 0 saturated carbocycles. The van der Waals surface area contributed by atoms with Crippen molar-refractivity contribution < 1.29 is 4.74 Å². The van der Waals surface area contributed by atoms with Crippen molar-refractivity contribution in [1.82, 2.24) is 24.9 Å². The Morgan fingerprint density at radius 3 is 2.58 bits per heavy atom. The number of anilines is 1. The molecule has 8 nitrogen and oxygen atoms in total. The molecule has 4 heterocycles. The van der Waals surface area contributed by atoms with Gasteiger partial charge in [-0.25, -0.2) is 15.0 Å². The Balaban J connectivity index is 1.25. The van der Waals surface area contributed by atoms with E-state index in [0.717, 1.165) is 76.5 Å². The molecule has 6 rings (SSSR count). The second kappa shape index (κ2) is 7.60. The lowest BCUT2D eigenvalue weighted by atomic mass is 9.88. The highest BCUT2D eigenvalue weighted by molar-refractivity contribution is 5.87. The molecule has 3 aromatic heterocycles. The van der Waals surface area contributed by atoms with Crippen LogP contribution >= 0.6 is 0 Å². The minimum Gasteiger partial charge on any atom is -0.497 e. The molecule has 1 aliphatic heterocycles. The van der Waals surface area contributed by atoms with Crippen LogP contribution in [0.25, 0.3) is 33.2 Å². The topological polar surface area (TPSA) is 109 Å². The lowest BCUT2D eigenvalue weighted by Gasteiger charge is -2.38. The van der Waals surface area contributed by atoms with E-state index in [0.29, 0.717) is 0 Å². The van der Waals surface area contributed by atoms with Gasteiger partial charge in [0.25, 0.3) is 0 Å². The van der Waals surface area contributed by atoms with E-state index in [2.05, 4.69) is 55.2 Å². The van der Waals surface area contributed by atoms with Gasteiger partial charge >= 0.3 is 0 Å². The largest absolute Gasteiger partial charge is 0.497 e. The molecule has 0 unspecified atom stereocenters. The number of nitrogens with zero attached hydrogens (tertiary/aromatic N) is 4. The molecular weight excluding hydrogens is 414 g/mol. The van der Waals surface area contributed by atoms with Crippen LogP contribution in [0.5, 0.6) is 5.75 Å². The number of methoxy groups -OCH3 is 1. The summed E-state index contributed by atoms with van der Waals surface area (Å²) in [5.41, 5.74) is 11.4. The zero-order chi connectivity index (χ0) is 22.4. The summed E-state index contributed by atoms with van der Waals surface area (Å²) >= 11 is 0. The number of nitrogens with two attached hydrogens (primary N) is 1. The van der Waals surface area contributed by atoms with E-state index >= 15 is 0 Å². The molecule has 4 N–H and O–H groups in total. The van der Waals surface area contributed by atoms with Crippen molar-refractivity contribution in [2.75, 3.05) is 25.1 Å². The number of benzene rings is 2. The van der Waals surface area contributed by atoms with Gasteiger partial charge in [-0.15, -0.1) is 0 Å². The highest BCUT2D eigenvalue weighted by Gasteiger charge is 2.36. The van der Waals surface area contributed by atoms with E-state index in [-0.39, 0.29) is 0 Å². The van der Waals surface area contributed by atoms with Crippen LogP contribution in [-0.4, -0.2) is 45.1 Å². The molecule has 1 saturated heterocycles. The Morgan fingerprint density at radius 2 is 1.79 bits per heavy atom. The van der Waals surface area contributed by atoms with Gasteiger partial charge < -0.3 is 25.3 Å². The van der Waals surface area contributed by atoms with Crippen molar-refractivity contribution in [2.45, 2.75) is 18.4 Å². The average Bonchev–Trinajstić information content (AvgIpc) is 3.51. The molecule has 0 aliphatic carbocycles. The first kappa shape index (κ1) is 19.8. The molecule has 0 bridgehead atoms. The maximum Gasteiger partial charge on any atom is 0.142 e. The van der Waals surface area contributed by atoms with Crippen molar-refractivity contribution in [2.24, 2.45) is 5.73 Å². The Bertz CT molecular complexity index is 1430. The normalized spacial score (nSPS) is 15.9. The van der Waals surface area contributed by atoms with Crippen LogP contribution in [0, 0.1) is 0 Å². The van der Waals surface area contributed by atoms with Crippen LogP contribution in [0.3, 0.4) is 0 Å². The first-order valence-electron chi connectivity index (χ1n) is 11.1. The molecule has 33 heavy (non-hydrogen) atoms. The van der Waals surface area contributed by atoms with Gasteiger partial charge in [0.05, 0.1) is 29.1 Å². The number of aromatic nitrogens is 5. The number of fused-ring (bicyclic) bond motifs is 2. The van der Waals surface area contributed by atoms with Gasteiger partial charge in [-0.3, -0.25) is 0 Å². The third kappa shape index (κ3) is 3.39. The number of rotatable bonds is 4. The average molecular weight is 440 g/mol. The summed E-state index contributed by atoms with van der Waals surface area (Å²) in [7, 11) is 1.67. The van der Waals surface area contributed by atoms with Crippen molar-refractivity contribution in [3.63, 3.8) is 0 Å². The van der Waals surface area contributed by atoms with E-state index < -0.39 is 5.54 Å². The minimum atomic E-state index is -0.500. The molecular formula is C25H25N7O. The van der Waals surface area contributed by atoms with E-state index in [9.17, 15) is 0 Å². The first-order chi connectivity index (χ1) is 16.1. The quantitative estimate of drug-likeness (QED) is 0.391. The van der Waals surface area contributed by atoms with Crippen LogP contribution in [0.4, 0.5) is 5.82 Å². The second-order valence-electron chi connectivity index (χ2n) is 8.63. The van der Waals surface area contributed by atoms with Crippen LogP contribution in [0.2, 0.25) is 0 Å². The zero-order valence-corrected chi connectivity index (χ0v) is 18.4. The maximum absolute atomic E-state index is 6.89. The zero-order valence-electron chi connectivity index (χ0n) is 18.4. The highest BCUT2D eigenvalue weighted by atomic mass is 16.5. The van der Waals surface area contributed by atoms with Crippen LogP contribution < -0.4 is 15.4 Å². The third-order valence-corrected chi connectivity index (χ3v) is 6.67. The molecule has 2 aromatic carbocycles. The number of nitrogens with one attached hydrogen (secondary N) is 2. The molecule has 5 aromatic rings. The Morgan fingerprint density at radius 1 is 1.00 bits per heavy atom. The van der Waals surface area contributed by atoms with Gasteiger partial charge in [-0.1, -0.05) is 18.2 Å². The fourth-order valence-corrected chi connectivity index (χ4v) is 4.67. The number of piperidine rings is 1. The molecule has 166 valence electrons. The van der Waals surface area contributed by atoms with Crippen molar-refractivity contribution >= 4 is 27.9 Å². The predicted octanol–water partition coefficient (Wildman–Crippen LogP) is 3.96. The summed E-state index contributed by atoms with van der Waals surface area (Å²) < 4.78 is 5.27. The van der Waals surface area contributed by atoms with Crippen LogP contribution in [-0.2, 0) is 5.54 Å². The highest BCUT2D eigenvalue weighted by Crippen LogP contribution is 2.34. The minimum absolute atomic E-state index is 0.500. The molecule has 0 spiro atoms. The van der Waals surface area contributed by atoms with Gasteiger partial charge in [-0.2, -0.15) is 0 Å². The number of aromatic amines is 2. The maximum atomic E-state index is 6.89. The van der Waals surface area contributed by atoms with Gasteiger partial charge in [0.15, 0.2) is 0 Å². The Kier molecular flexibility index (Phi) is 4.55. The number of hydrogen-bond acceptors (Lipinski definition) is 6. The predicted molar refractivity (Wildman–Crippen MR) is 129 cm³/mol. The smallest absolute Gasteiger partial charge is 0.142 e.